The first-order chi connectivity index (χ1) is 27.2. The van der Waals surface area contributed by atoms with Crippen LogP contribution in [0.2, 0.25) is 0 Å². The molecule has 0 amide bonds. The van der Waals surface area contributed by atoms with Crippen molar-refractivity contribution < 1.29 is 8.83 Å². The van der Waals surface area contributed by atoms with Crippen LogP contribution in [0.3, 0.4) is 0 Å². The summed E-state index contributed by atoms with van der Waals surface area (Å²) in [6, 6.07) is 66.5. The van der Waals surface area contributed by atoms with E-state index in [0.717, 1.165) is 105 Å². The van der Waals surface area contributed by atoms with Crippen molar-refractivity contribution in [1.82, 2.24) is 0 Å². The van der Waals surface area contributed by atoms with Crippen molar-refractivity contribution in [3.8, 4) is 0 Å². The number of hydrogen-bond donors (Lipinski definition) is 0. The second kappa shape index (κ2) is 12.4. The van der Waals surface area contributed by atoms with Crippen LogP contribution in [0.4, 0.5) is 34.1 Å². The highest BCUT2D eigenvalue weighted by Crippen LogP contribution is 2.45. The molecule has 2 aromatic heterocycles. The number of hydrogen-bond acceptors (Lipinski definition) is 4. The van der Waals surface area contributed by atoms with Gasteiger partial charge in [-0.1, -0.05) is 84.9 Å². The Morgan fingerprint density at radius 2 is 0.745 bits per heavy atom. The van der Waals surface area contributed by atoms with Crippen LogP contribution in [0.15, 0.2) is 197 Å². The van der Waals surface area contributed by atoms with E-state index in [9.17, 15) is 0 Å². The van der Waals surface area contributed by atoms with Gasteiger partial charge in [0.15, 0.2) is 0 Å². The number of furan rings is 2. The average molecular weight is 707 g/mol. The van der Waals surface area contributed by atoms with Crippen molar-refractivity contribution in [2.45, 2.75) is 6.92 Å². The Morgan fingerprint density at radius 3 is 1.20 bits per heavy atom. The van der Waals surface area contributed by atoms with Gasteiger partial charge in [-0.3, -0.25) is 0 Å². The number of anilines is 6. The highest BCUT2D eigenvalue weighted by Gasteiger charge is 2.21. The summed E-state index contributed by atoms with van der Waals surface area (Å²) in [5.74, 6) is 0. The molecular formula is C51H34N2O2. The van der Waals surface area contributed by atoms with Crippen molar-refractivity contribution in [2.75, 3.05) is 9.80 Å². The highest BCUT2D eigenvalue weighted by molar-refractivity contribution is 6.28. The number of aryl methyl sites for hydroxylation is 1. The van der Waals surface area contributed by atoms with Crippen molar-refractivity contribution >= 4 is 99.5 Å². The van der Waals surface area contributed by atoms with Crippen LogP contribution in [0, 0.1) is 6.92 Å². The standard InChI is InChI=1S/C51H34N2O2/c1-33-26-48-49(44-29-34-22-24-42(27-36(34)31-46(44)54-48)52(38-14-6-2-7-15-38)39-16-8-3-9-17-39)50-45-30-35-23-25-43(28-37(35)32-47(45)55-51(33)50)53(40-18-10-4-11-19-40)41-20-12-5-13-21-41/h2-32H,1H3. The lowest BCUT2D eigenvalue weighted by Crippen LogP contribution is -2.09. The average Bonchev–Trinajstić information content (AvgIpc) is 3.78. The van der Waals surface area contributed by atoms with Crippen LogP contribution in [0.25, 0.3) is 65.4 Å². The monoisotopic (exact) mass is 706 g/mol. The Kier molecular flexibility index (Phi) is 7.04. The summed E-state index contributed by atoms with van der Waals surface area (Å²) in [5, 5.41) is 8.91. The molecule has 0 aliphatic carbocycles. The minimum atomic E-state index is 0.860. The lowest BCUT2D eigenvalue weighted by Gasteiger charge is -2.25. The van der Waals surface area contributed by atoms with E-state index in [4.69, 9.17) is 8.83 Å². The second-order valence-electron chi connectivity index (χ2n) is 14.2. The van der Waals surface area contributed by atoms with Gasteiger partial charge in [0.05, 0.1) is 0 Å². The summed E-state index contributed by atoms with van der Waals surface area (Å²) in [6.45, 7) is 2.11. The van der Waals surface area contributed by atoms with Gasteiger partial charge in [0.1, 0.15) is 22.3 Å². The van der Waals surface area contributed by atoms with Gasteiger partial charge < -0.3 is 18.6 Å². The molecule has 260 valence electrons. The first-order valence-electron chi connectivity index (χ1n) is 18.7. The van der Waals surface area contributed by atoms with Crippen LogP contribution in [-0.4, -0.2) is 0 Å². The third-order valence-electron chi connectivity index (χ3n) is 10.8. The molecule has 55 heavy (non-hydrogen) atoms. The van der Waals surface area contributed by atoms with Crippen LogP contribution in [0.5, 0.6) is 0 Å². The molecule has 0 spiro atoms. The van der Waals surface area contributed by atoms with Crippen molar-refractivity contribution in [3.05, 3.63) is 194 Å². The summed E-state index contributed by atoms with van der Waals surface area (Å²) in [7, 11) is 0. The summed E-state index contributed by atoms with van der Waals surface area (Å²) < 4.78 is 13.4. The first kappa shape index (κ1) is 31.2. The third-order valence-corrected chi connectivity index (χ3v) is 10.8. The van der Waals surface area contributed by atoms with Gasteiger partial charge in [0.2, 0.25) is 0 Å². The Balaban J connectivity index is 1.07. The van der Waals surface area contributed by atoms with Crippen molar-refractivity contribution in [1.29, 1.82) is 0 Å². The minimum absolute atomic E-state index is 0.860. The maximum Gasteiger partial charge on any atom is 0.139 e. The van der Waals surface area contributed by atoms with E-state index in [-0.39, 0.29) is 0 Å². The molecule has 11 aromatic rings. The molecule has 0 radical (unpaired) electrons. The molecule has 11 rings (SSSR count). The SMILES string of the molecule is Cc1cc2oc3cc4cc(N(c5ccccc5)c5ccccc5)ccc4cc3c2c2c1oc1cc3cc(N(c4ccccc4)c4ccccc4)ccc3cc12. The van der Waals surface area contributed by atoms with Crippen LogP contribution in [-0.2, 0) is 0 Å². The zero-order valence-corrected chi connectivity index (χ0v) is 30.1. The zero-order valence-electron chi connectivity index (χ0n) is 30.1. The van der Waals surface area contributed by atoms with Crippen LogP contribution >= 0.6 is 0 Å². The molecule has 4 nitrogen and oxygen atoms in total. The van der Waals surface area contributed by atoms with E-state index in [2.05, 4.69) is 205 Å². The Hall–Kier alpha value is -7.30. The molecule has 0 bridgehead atoms. The number of nitrogens with zero attached hydrogens (tertiary/aromatic N) is 2. The summed E-state index contributed by atoms with van der Waals surface area (Å²) in [5.41, 5.74) is 11.1. The zero-order chi connectivity index (χ0) is 36.5. The fourth-order valence-electron chi connectivity index (χ4n) is 8.30. The smallest absolute Gasteiger partial charge is 0.139 e. The van der Waals surface area contributed by atoms with E-state index in [0.29, 0.717) is 0 Å². The molecule has 0 fully saturated rings. The molecule has 0 saturated heterocycles. The quantitative estimate of drug-likeness (QED) is 0.172. The van der Waals surface area contributed by atoms with E-state index in [1.807, 2.05) is 0 Å². The van der Waals surface area contributed by atoms with Gasteiger partial charge in [0.25, 0.3) is 0 Å². The number of rotatable bonds is 6. The normalized spacial score (nSPS) is 11.7. The van der Waals surface area contributed by atoms with Gasteiger partial charge in [-0.25, -0.2) is 0 Å². The fraction of sp³-hybridized carbons (Fsp3) is 0.0196. The summed E-state index contributed by atoms with van der Waals surface area (Å²) in [6.07, 6.45) is 0. The third kappa shape index (κ3) is 5.14. The molecule has 0 saturated carbocycles. The fourth-order valence-corrected chi connectivity index (χ4v) is 8.30. The number of para-hydroxylation sites is 4. The second-order valence-corrected chi connectivity index (χ2v) is 14.2. The van der Waals surface area contributed by atoms with E-state index in [1.54, 1.807) is 0 Å². The topological polar surface area (TPSA) is 32.8 Å². The molecule has 0 unspecified atom stereocenters. The Morgan fingerprint density at radius 1 is 0.327 bits per heavy atom. The maximum atomic E-state index is 6.74. The van der Waals surface area contributed by atoms with Gasteiger partial charge in [-0.05, 0) is 137 Å². The number of benzene rings is 9. The van der Waals surface area contributed by atoms with E-state index < -0.39 is 0 Å². The van der Waals surface area contributed by atoms with Gasteiger partial charge in [0, 0.05) is 55.7 Å². The Labute approximate surface area is 317 Å². The van der Waals surface area contributed by atoms with E-state index in [1.165, 1.54) is 0 Å². The first-order valence-corrected chi connectivity index (χ1v) is 18.7. The molecule has 0 aliphatic heterocycles. The van der Waals surface area contributed by atoms with Gasteiger partial charge in [-0.15, -0.1) is 0 Å². The van der Waals surface area contributed by atoms with Crippen molar-refractivity contribution in [3.63, 3.8) is 0 Å². The lowest BCUT2D eigenvalue weighted by atomic mass is 9.99. The van der Waals surface area contributed by atoms with Gasteiger partial charge >= 0.3 is 0 Å². The molecule has 9 aromatic carbocycles. The Bertz CT molecular complexity index is 3130. The van der Waals surface area contributed by atoms with Crippen LogP contribution < -0.4 is 9.80 Å². The van der Waals surface area contributed by atoms with E-state index >= 15 is 0 Å². The highest BCUT2D eigenvalue weighted by atomic mass is 16.3. The summed E-state index contributed by atoms with van der Waals surface area (Å²) >= 11 is 0. The maximum absolute atomic E-state index is 6.74. The van der Waals surface area contributed by atoms with Gasteiger partial charge in [-0.2, -0.15) is 0 Å². The van der Waals surface area contributed by atoms with Crippen molar-refractivity contribution in [2.24, 2.45) is 0 Å². The molecular weight excluding hydrogens is 673 g/mol. The lowest BCUT2D eigenvalue weighted by molar-refractivity contribution is 0.660. The molecule has 4 heteroatoms. The molecule has 0 aliphatic rings. The molecule has 2 heterocycles. The van der Waals surface area contributed by atoms with Crippen LogP contribution in [0.1, 0.15) is 5.56 Å². The minimum Gasteiger partial charge on any atom is -0.456 e. The molecule has 0 atom stereocenters. The predicted molar refractivity (Wildman–Crippen MR) is 230 cm³/mol. The summed E-state index contributed by atoms with van der Waals surface area (Å²) in [4.78, 5) is 4.59. The predicted octanol–water partition coefficient (Wildman–Crippen LogP) is 15.0. The molecule has 0 N–H and O–H groups in total. The number of fused-ring (bicyclic) bond motifs is 9. The largest absolute Gasteiger partial charge is 0.456 e.